The van der Waals surface area contributed by atoms with Gasteiger partial charge in [-0.25, -0.2) is 4.98 Å². The number of nitrogens with zero attached hydrogens (tertiary/aromatic N) is 4. The molecule has 1 aliphatic heterocycles. The van der Waals surface area contributed by atoms with Crippen LogP contribution in [0.2, 0.25) is 0 Å². The van der Waals surface area contributed by atoms with Crippen LogP contribution in [-0.2, 0) is 4.74 Å². The zero-order chi connectivity index (χ0) is 17.1. The highest BCUT2D eigenvalue weighted by atomic mass is 16.5. The lowest BCUT2D eigenvalue weighted by Gasteiger charge is -2.35. The van der Waals surface area contributed by atoms with Gasteiger partial charge in [0.15, 0.2) is 0 Å². The second kappa shape index (κ2) is 7.32. The Hall–Kier alpha value is -1.92. The molecule has 0 unspecified atom stereocenters. The summed E-state index contributed by atoms with van der Waals surface area (Å²) in [5.41, 5.74) is 2.28. The number of carbonyl (C=O) groups is 1. The Labute approximate surface area is 143 Å². The van der Waals surface area contributed by atoms with Gasteiger partial charge in [0.25, 0.3) is 5.91 Å². The zero-order valence-electron chi connectivity index (χ0n) is 14.7. The molecule has 0 radical (unpaired) electrons. The van der Waals surface area contributed by atoms with E-state index in [1.165, 1.54) is 0 Å². The lowest BCUT2D eigenvalue weighted by Crippen LogP contribution is -2.46. The standard InChI is InChI=1S/C18H26N4O2/c1-14-17(22-9-5-4-6-16(22)19-14)18(23)21(11-10-20(2)3)15-7-12-24-13-8-15/h4-6,9,15H,7-8,10-13H2,1-3H3. The maximum absolute atomic E-state index is 13.4. The highest BCUT2D eigenvalue weighted by molar-refractivity contribution is 5.95. The fourth-order valence-corrected chi connectivity index (χ4v) is 3.26. The van der Waals surface area contributed by atoms with E-state index in [4.69, 9.17) is 4.74 Å². The number of ether oxygens (including phenoxy) is 1. The number of imidazole rings is 1. The Morgan fingerprint density at radius 2 is 2.04 bits per heavy atom. The van der Waals surface area contributed by atoms with Crippen LogP contribution in [0.3, 0.4) is 0 Å². The predicted molar refractivity (Wildman–Crippen MR) is 93.4 cm³/mol. The molecule has 1 saturated heterocycles. The molecule has 0 aliphatic carbocycles. The normalized spacial score (nSPS) is 16.0. The van der Waals surface area contributed by atoms with Gasteiger partial charge in [-0.1, -0.05) is 6.07 Å². The number of aryl methyl sites for hydroxylation is 1. The molecule has 0 aromatic carbocycles. The van der Waals surface area contributed by atoms with Crippen molar-refractivity contribution in [1.82, 2.24) is 19.2 Å². The minimum absolute atomic E-state index is 0.0694. The van der Waals surface area contributed by atoms with Crippen molar-refractivity contribution in [2.45, 2.75) is 25.8 Å². The number of pyridine rings is 1. The molecule has 0 atom stereocenters. The number of hydrogen-bond acceptors (Lipinski definition) is 4. The first-order chi connectivity index (χ1) is 11.6. The summed E-state index contributed by atoms with van der Waals surface area (Å²) in [4.78, 5) is 22.0. The summed E-state index contributed by atoms with van der Waals surface area (Å²) < 4.78 is 7.38. The minimum Gasteiger partial charge on any atom is -0.381 e. The molecule has 6 heteroatoms. The van der Waals surface area contributed by atoms with Crippen molar-refractivity contribution in [2.75, 3.05) is 40.4 Å². The lowest BCUT2D eigenvalue weighted by molar-refractivity contribution is 0.0271. The van der Waals surface area contributed by atoms with E-state index in [0.29, 0.717) is 5.69 Å². The zero-order valence-corrected chi connectivity index (χ0v) is 14.7. The Bertz CT molecular complexity index is 704. The van der Waals surface area contributed by atoms with Gasteiger partial charge in [0.05, 0.1) is 5.69 Å². The van der Waals surface area contributed by atoms with Gasteiger partial charge in [-0.3, -0.25) is 9.20 Å². The first-order valence-corrected chi connectivity index (χ1v) is 8.55. The van der Waals surface area contributed by atoms with Crippen LogP contribution >= 0.6 is 0 Å². The van der Waals surface area contributed by atoms with Crippen molar-refractivity contribution in [3.05, 3.63) is 35.8 Å². The molecule has 3 rings (SSSR count). The van der Waals surface area contributed by atoms with Crippen LogP contribution in [0.4, 0.5) is 0 Å². The fraction of sp³-hybridized carbons (Fsp3) is 0.556. The number of rotatable bonds is 5. The first kappa shape index (κ1) is 16.9. The molecule has 6 nitrogen and oxygen atoms in total. The van der Waals surface area contributed by atoms with Gasteiger partial charge in [0.2, 0.25) is 0 Å². The molecule has 1 aliphatic rings. The molecule has 2 aromatic heterocycles. The van der Waals surface area contributed by atoms with Crippen molar-refractivity contribution in [3.8, 4) is 0 Å². The molecule has 0 saturated carbocycles. The fourth-order valence-electron chi connectivity index (χ4n) is 3.26. The average Bonchev–Trinajstić information content (AvgIpc) is 2.91. The van der Waals surface area contributed by atoms with E-state index in [1.54, 1.807) is 0 Å². The number of carbonyl (C=O) groups excluding carboxylic acids is 1. The second-order valence-electron chi connectivity index (χ2n) is 6.62. The molecular weight excluding hydrogens is 304 g/mol. The van der Waals surface area contributed by atoms with Crippen molar-refractivity contribution >= 4 is 11.6 Å². The Kier molecular flexibility index (Phi) is 5.16. The molecule has 0 N–H and O–H groups in total. The summed E-state index contributed by atoms with van der Waals surface area (Å²) in [6.45, 7) is 4.92. The maximum atomic E-state index is 13.4. The molecule has 1 amide bonds. The van der Waals surface area contributed by atoms with Crippen LogP contribution in [-0.4, -0.2) is 71.5 Å². The van der Waals surface area contributed by atoms with Crippen LogP contribution in [0.15, 0.2) is 24.4 Å². The van der Waals surface area contributed by atoms with Gasteiger partial charge in [0, 0.05) is 38.5 Å². The monoisotopic (exact) mass is 330 g/mol. The Morgan fingerprint density at radius 1 is 1.29 bits per heavy atom. The average molecular weight is 330 g/mol. The van der Waals surface area contributed by atoms with Crippen molar-refractivity contribution < 1.29 is 9.53 Å². The molecule has 3 heterocycles. The smallest absolute Gasteiger partial charge is 0.273 e. The lowest BCUT2D eigenvalue weighted by atomic mass is 10.1. The third kappa shape index (κ3) is 3.44. The van der Waals surface area contributed by atoms with E-state index in [2.05, 4.69) is 9.88 Å². The van der Waals surface area contributed by atoms with Crippen LogP contribution in [0.5, 0.6) is 0 Å². The van der Waals surface area contributed by atoms with Crippen molar-refractivity contribution in [3.63, 3.8) is 0 Å². The molecule has 130 valence electrons. The number of fused-ring (bicyclic) bond motifs is 1. The third-order valence-electron chi connectivity index (χ3n) is 4.59. The number of hydrogen-bond donors (Lipinski definition) is 0. The van der Waals surface area contributed by atoms with E-state index in [0.717, 1.165) is 50.5 Å². The number of likely N-dealkylation sites (N-methyl/N-ethyl adjacent to an activating group) is 1. The van der Waals surface area contributed by atoms with Crippen molar-refractivity contribution in [1.29, 1.82) is 0 Å². The maximum Gasteiger partial charge on any atom is 0.273 e. The summed E-state index contributed by atoms with van der Waals surface area (Å²) in [6.07, 6.45) is 3.71. The van der Waals surface area contributed by atoms with Gasteiger partial charge in [-0.15, -0.1) is 0 Å². The second-order valence-corrected chi connectivity index (χ2v) is 6.62. The molecule has 2 aromatic rings. The first-order valence-electron chi connectivity index (χ1n) is 8.55. The quantitative estimate of drug-likeness (QED) is 0.839. The topological polar surface area (TPSA) is 50.1 Å². The van der Waals surface area contributed by atoms with E-state index in [-0.39, 0.29) is 11.9 Å². The SMILES string of the molecule is Cc1nc2ccccn2c1C(=O)N(CCN(C)C)C1CCOCC1. The van der Waals surface area contributed by atoms with Crippen LogP contribution in [0.25, 0.3) is 5.65 Å². The summed E-state index contributed by atoms with van der Waals surface area (Å²) >= 11 is 0. The highest BCUT2D eigenvalue weighted by Gasteiger charge is 2.29. The van der Waals surface area contributed by atoms with E-state index in [1.807, 2.05) is 54.7 Å². The molecular formula is C18H26N4O2. The molecule has 0 bridgehead atoms. The van der Waals surface area contributed by atoms with Gasteiger partial charge in [-0.2, -0.15) is 0 Å². The van der Waals surface area contributed by atoms with E-state index >= 15 is 0 Å². The summed E-state index contributed by atoms with van der Waals surface area (Å²) in [6, 6.07) is 6.05. The minimum atomic E-state index is 0.0694. The summed E-state index contributed by atoms with van der Waals surface area (Å²) in [5, 5.41) is 0. The Balaban J connectivity index is 1.92. The summed E-state index contributed by atoms with van der Waals surface area (Å²) in [7, 11) is 4.07. The van der Waals surface area contributed by atoms with Gasteiger partial charge >= 0.3 is 0 Å². The van der Waals surface area contributed by atoms with Crippen LogP contribution in [0.1, 0.15) is 29.0 Å². The highest BCUT2D eigenvalue weighted by Crippen LogP contribution is 2.20. The molecule has 0 spiro atoms. The Morgan fingerprint density at radius 3 is 2.75 bits per heavy atom. The largest absolute Gasteiger partial charge is 0.381 e. The summed E-state index contributed by atoms with van der Waals surface area (Å²) in [5.74, 6) is 0.0694. The third-order valence-corrected chi connectivity index (χ3v) is 4.59. The van der Waals surface area contributed by atoms with E-state index in [9.17, 15) is 4.79 Å². The predicted octanol–water partition coefficient (Wildman–Crippen LogP) is 1.83. The molecule has 24 heavy (non-hydrogen) atoms. The molecule has 1 fully saturated rings. The van der Waals surface area contributed by atoms with Crippen molar-refractivity contribution in [2.24, 2.45) is 0 Å². The van der Waals surface area contributed by atoms with Gasteiger partial charge < -0.3 is 14.5 Å². The van der Waals surface area contributed by atoms with Gasteiger partial charge in [0.1, 0.15) is 11.3 Å². The van der Waals surface area contributed by atoms with Gasteiger partial charge in [-0.05, 0) is 46.0 Å². The van der Waals surface area contributed by atoms with Crippen LogP contribution in [0, 0.1) is 6.92 Å². The van der Waals surface area contributed by atoms with E-state index < -0.39 is 0 Å². The van der Waals surface area contributed by atoms with Crippen LogP contribution < -0.4 is 0 Å². The number of aromatic nitrogens is 2. The number of amides is 1.